The van der Waals surface area contributed by atoms with Crippen LogP contribution in [0.25, 0.3) is 0 Å². The molecular weight excluding hydrogens is 176 g/mol. The molecule has 0 bridgehead atoms. The van der Waals surface area contributed by atoms with Gasteiger partial charge in [0.25, 0.3) is 0 Å². The Morgan fingerprint density at radius 3 is 1.75 bits per heavy atom. The third kappa shape index (κ3) is 4.84. The number of hydrogen-bond donors (Lipinski definition) is 0. The van der Waals surface area contributed by atoms with Gasteiger partial charge in [-0.15, -0.1) is 0 Å². The lowest BCUT2D eigenvalue weighted by molar-refractivity contribution is -0.246. The minimum atomic E-state index is -2.49. The summed E-state index contributed by atoms with van der Waals surface area (Å²) >= 11 is 0. The second-order valence-corrected chi connectivity index (χ2v) is 4.69. The summed E-state index contributed by atoms with van der Waals surface area (Å²) in [5.41, 5.74) is 0. The van der Waals surface area contributed by atoms with Gasteiger partial charge in [0.05, 0.1) is 6.61 Å². The van der Waals surface area contributed by atoms with Gasteiger partial charge in [-0.3, -0.25) is 0 Å². The third-order valence-corrected chi connectivity index (χ3v) is 3.19. The Morgan fingerprint density at radius 1 is 0.917 bits per heavy atom. The van der Waals surface area contributed by atoms with Gasteiger partial charge in [-0.25, -0.2) is 9.46 Å². The third-order valence-electron chi connectivity index (χ3n) is 1.14. The van der Waals surface area contributed by atoms with E-state index in [1.54, 1.807) is 0 Å². The Bertz CT molecular complexity index is 104. The first-order chi connectivity index (χ1) is 5.68. The summed E-state index contributed by atoms with van der Waals surface area (Å²) in [6, 6.07) is 0. The van der Waals surface area contributed by atoms with E-state index in [1.165, 1.54) is 0 Å². The maximum absolute atomic E-state index is 5.34. The van der Waals surface area contributed by atoms with Crippen molar-refractivity contribution in [1.82, 2.24) is 0 Å². The van der Waals surface area contributed by atoms with Gasteiger partial charge in [0.2, 0.25) is 0 Å². The van der Waals surface area contributed by atoms with Crippen LogP contribution in [0, 0.1) is 0 Å². The molecule has 0 aromatic heterocycles. The molecule has 0 aromatic carbocycles. The van der Waals surface area contributed by atoms with Gasteiger partial charge in [0.1, 0.15) is 0 Å². The van der Waals surface area contributed by atoms with Crippen molar-refractivity contribution in [3.05, 3.63) is 0 Å². The predicted molar refractivity (Wildman–Crippen MR) is 47.6 cm³/mol. The van der Waals surface area contributed by atoms with Gasteiger partial charge in [-0.2, -0.15) is 0 Å². The Hall–Kier alpha value is 0.0569. The summed E-state index contributed by atoms with van der Waals surface area (Å²) in [6.45, 7) is 9.13. The lowest BCUT2D eigenvalue weighted by atomic mass is 10.9. The smallest absolute Gasteiger partial charge is 0.373 e. The quantitative estimate of drug-likeness (QED) is 0.350. The highest BCUT2D eigenvalue weighted by atomic mass is 28.4. The second-order valence-electron chi connectivity index (χ2n) is 2.22. The zero-order chi connectivity index (χ0) is 9.45. The maximum atomic E-state index is 5.34. The molecule has 0 saturated carbocycles. The molecule has 0 radical (unpaired) electrons. The first-order valence-electron chi connectivity index (χ1n) is 4.27. The van der Waals surface area contributed by atoms with E-state index >= 15 is 0 Å². The van der Waals surface area contributed by atoms with Crippen molar-refractivity contribution < 1.29 is 18.3 Å². The molecule has 12 heavy (non-hydrogen) atoms. The van der Waals surface area contributed by atoms with E-state index < -0.39 is 8.80 Å². The topological polar surface area (TPSA) is 36.9 Å². The molecule has 0 aliphatic rings. The fraction of sp³-hybridized carbons (Fsp3) is 1.00. The molecule has 0 heterocycles. The molecule has 74 valence electrons. The van der Waals surface area contributed by atoms with E-state index in [4.69, 9.17) is 18.3 Å². The Morgan fingerprint density at radius 2 is 1.42 bits per heavy atom. The Kier molecular flexibility index (Phi) is 6.59. The fourth-order valence-electron chi connectivity index (χ4n) is 0.780. The monoisotopic (exact) mass is 194 g/mol. The normalized spacial score (nSPS) is 12.0. The Labute approximate surface area is 75.1 Å². The minimum Gasteiger partial charge on any atom is -0.373 e. The van der Waals surface area contributed by atoms with Crippen molar-refractivity contribution >= 4 is 8.80 Å². The van der Waals surface area contributed by atoms with Crippen LogP contribution in [-0.4, -0.2) is 28.6 Å². The van der Waals surface area contributed by atoms with E-state index in [-0.39, 0.29) is 0 Å². The van der Waals surface area contributed by atoms with Crippen molar-refractivity contribution in [3.8, 4) is 0 Å². The summed E-state index contributed by atoms with van der Waals surface area (Å²) in [5.74, 6) is 0. The molecule has 0 amide bonds. The molecule has 0 saturated heterocycles. The van der Waals surface area contributed by atoms with Crippen LogP contribution in [-0.2, 0) is 18.3 Å². The van der Waals surface area contributed by atoms with Crippen molar-refractivity contribution in [3.63, 3.8) is 0 Å². The van der Waals surface area contributed by atoms with Crippen molar-refractivity contribution in [2.75, 3.05) is 19.8 Å². The van der Waals surface area contributed by atoms with Crippen LogP contribution >= 0.6 is 0 Å². The van der Waals surface area contributed by atoms with Gasteiger partial charge in [0, 0.05) is 19.8 Å². The van der Waals surface area contributed by atoms with Crippen LogP contribution in [0.4, 0.5) is 0 Å². The molecule has 0 aliphatic heterocycles. The molecule has 4 nitrogen and oxygen atoms in total. The van der Waals surface area contributed by atoms with Crippen LogP contribution in [0.2, 0.25) is 6.55 Å². The van der Waals surface area contributed by atoms with E-state index in [1.807, 2.05) is 27.3 Å². The van der Waals surface area contributed by atoms with E-state index in [0.29, 0.717) is 19.8 Å². The molecule has 0 spiro atoms. The highest BCUT2D eigenvalue weighted by Crippen LogP contribution is 2.09. The number of rotatable bonds is 7. The van der Waals surface area contributed by atoms with Crippen LogP contribution in [0.1, 0.15) is 20.8 Å². The highest BCUT2D eigenvalue weighted by molar-refractivity contribution is 6.58. The molecule has 0 N–H and O–H groups in total. The predicted octanol–water partition coefficient (Wildman–Crippen LogP) is 1.60. The van der Waals surface area contributed by atoms with Crippen molar-refractivity contribution in [2.24, 2.45) is 0 Å². The molecule has 5 heteroatoms. The van der Waals surface area contributed by atoms with Gasteiger partial charge in [-0.1, -0.05) is 0 Å². The fourth-order valence-corrected chi connectivity index (χ4v) is 2.34. The van der Waals surface area contributed by atoms with Crippen LogP contribution in [0.3, 0.4) is 0 Å². The highest BCUT2D eigenvalue weighted by Gasteiger charge is 2.35. The van der Waals surface area contributed by atoms with Crippen LogP contribution < -0.4 is 0 Å². The molecular formula is C7H18O4Si. The molecule has 0 fully saturated rings. The van der Waals surface area contributed by atoms with Gasteiger partial charge < -0.3 is 8.85 Å². The van der Waals surface area contributed by atoms with E-state index in [2.05, 4.69) is 0 Å². The Balaban J connectivity index is 3.80. The summed E-state index contributed by atoms with van der Waals surface area (Å²) in [7, 11) is -2.49. The average molecular weight is 194 g/mol. The molecule has 0 atom stereocenters. The van der Waals surface area contributed by atoms with Crippen LogP contribution in [0.5, 0.6) is 0 Å². The van der Waals surface area contributed by atoms with E-state index in [0.717, 1.165) is 0 Å². The SMILES string of the molecule is CCOO[Si](C)(OCC)OCC. The van der Waals surface area contributed by atoms with E-state index in [9.17, 15) is 0 Å². The summed E-state index contributed by atoms with van der Waals surface area (Å²) < 4.78 is 15.7. The zero-order valence-corrected chi connectivity index (χ0v) is 9.25. The standard InChI is InChI=1S/C7H18O4Si/c1-5-8-11-12(4,9-6-2)10-7-3/h5-7H2,1-4H3. The average Bonchev–Trinajstić information content (AvgIpc) is 2.02. The van der Waals surface area contributed by atoms with Crippen molar-refractivity contribution in [2.45, 2.75) is 27.3 Å². The summed E-state index contributed by atoms with van der Waals surface area (Å²) in [5, 5.41) is 0. The van der Waals surface area contributed by atoms with Crippen molar-refractivity contribution in [1.29, 1.82) is 0 Å². The molecule has 0 aliphatic carbocycles. The molecule has 0 aromatic rings. The maximum Gasteiger partial charge on any atom is 0.526 e. The zero-order valence-electron chi connectivity index (χ0n) is 8.25. The lowest BCUT2D eigenvalue weighted by Crippen LogP contribution is -2.42. The molecule has 0 rings (SSSR count). The largest absolute Gasteiger partial charge is 0.526 e. The first-order valence-corrected chi connectivity index (χ1v) is 6.49. The first kappa shape index (κ1) is 12.1. The lowest BCUT2D eigenvalue weighted by Gasteiger charge is -2.22. The van der Waals surface area contributed by atoms with Gasteiger partial charge in [0.15, 0.2) is 0 Å². The van der Waals surface area contributed by atoms with Crippen LogP contribution in [0.15, 0.2) is 0 Å². The second kappa shape index (κ2) is 6.56. The summed E-state index contributed by atoms with van der Waals surface area (Å²) in [6.07, 6.45) is 0. The number of hydrogen-bond acceptors (Lipinski definition) is 4. The molecule has 0 unspecified atom stereocenters. The van der Waals surface area contributed by atoms with Gasteiger partial charge >= 0.3 is 8.80 Å². The minimum absolute atomic E-state index is 0.503. The summed E-state index contributed by atoms with van der Waals surface area (Å²) in [4.78, 5) is 4.82. The van der Waals surface area contributed by atoms with Gasteiger partial charge in [-0.05, 0) is 20.8 Å².